The first-order valence-electron chi connectivity index (χ1n) is 5.57. The number of carbonyl (C=O) groups excluding carboxylic acids is 1. The first kappa shape index (κ1) is 17.5. The highest BCUT2D eigenvalue weighted by molar-refractivity contribution is 5.74. The second kappa shape index (κ2) is 7.80. The number of nitrogens with one attached hydrogen (secondary N) is 2. The zero-order valence-corrected chi connectivity index (χ0v) is 10.3. The van der Waals surface area contributed by atoms with Gasteiger partial charge in [0.1, 0.15) is 0 Å². The van der Waals surface area contributed by atoms with Crippen molar-refractivity contribution in [1.29, 1.82) is 0 Å². The molecule has 0 saturated heterocycles. The number of alkyl halides is 4. The van der Waals surface area contributed by atoms with Crippen molar-refractivity contribution in [2.24, 2.45) is 0 Å². The second-order valence-electron chi connectivity index (χ2n) is 4.08. The molecule has 5 nitrogen and oxygen atoms in total. The quantitative estimate of drug-likeness (QED) is 0.596. The molecule has 0 heterocycles. The number of amides is 2. The van der Waals surface area contributed by atoms with Crippen LogP contribution in [0.5, 0.6) is 0 Å². The van der Waals surface area contributed by atoms with E-state index in [2.05, 4.69) is 5.32 Å². The molecule has 0 aromatic heterocycles. The highest BCUT2D eigenvalue weighted by Crippen LogP contribution is 2.21. The summed E-state index contributed by atoms with van der Waals surface area (Å²) in [5.41, 5.74) is 0. The average molecular weight is 288 g/mol. The van der Waals surface area contributed by atoms with Crippen LogP contribution in [-0.2, 0) is 4.79 Å². The number of halogens is 4. The number of hydrogen-bond donors (Lipinski definition) is 3. The van der Waals surface area contributed by atoms with Crippen LogP contribution in [-0.4, -0.2) is 42.0 Å². The Morgan fingerprint density at radius 2 is 1.89 bits per heavy atom. The molecule has 0 aromatic rings. The van der Waals surface area contributed by atoms with Gasteiger partial charge in [-0.1, -0.05) is 0 Å². The maximum absolute atomic E-state index is 12.5. The lowest BCUT2D eigenvalue weighted by atomic mass is 10.1. The van der Waals surface area contributed by atoms with Gasteiger partial charge in [0.05, 0.1) is 6.54 Å². The van der Waals surface area contributed by atoms with E-state index in [9.17, 15) is 27.2 Å². The van der Waals surface area contributed by atoms with Crippen LogP contribution in [0, 0.1) is 0 Å². The monoisotopic (exact) mass is 288 g/mol. The van der Waals surface area contributed by atoms with Gasteiger partial charge in [0.15, 0.2) is 0 Å². The highest BCUT2D eigenvalue weighted by Gasteiger charge is 2.40. The molecule has 0 rings (SSSR count). The largest absolute Gasteiger partial charge is 0.481 e. The van der Waals surface area contributed by atoms with Gasteiger partial charge in [0.25, 0.3) is 0 Å². The fraction of sp³-hybridized carbons (Fsp3) is 0.800. The molecule has 0 aliphatic carbocycles. The molecule has 1 atom stereocenters. The standard InChI is InChI=1S/C10H16F4N2O3/c1-6(3-2-4-7(17)18)16-9(19)15-5-10(13,14)8(11)12/h6,8H,2-5H2,1H3,(H,17,18)(H2,15,16,19). The lowest BCUT2D eigenvalue weighted by Crippen LogP contribution is -2.47. The topological polar surface area (TPSA) is 78.4 Å². The van der Waals surface area contributed by atoms with Crippen molar-refractivity contribution in [3.8, 4) is 0 Å². The van der Waals surface area contributed by atoms with Gasteiger partial charge >= 0.3 is 24.3 Å². The summed E-state index contributed by atoms with van der Waals surface area (Å²) in [6.07, 6.45) is -3.27. The molecule has 0 bridgehead atoms. The zero-order chi connectivity index (χ0) is 15.1. The minimum absolute atomic E-state index is 0.0723. The van der Waals surface area contributed by atoms with Crippen molar-refractivity contribution in [3.05, 3.63) is 0 Å². The maximum Gasteiger partial charge on any atom is 0.324 e. The van der Waals surface area contributed by atoms with Crippen LogP contribution in [0.15, 0.2) is 0 Å². The summed E-state index contributed by atoms with van der Waals surface area (Å²) in [6, 6.07) is -1.44. The molecule has 0 spiro atoms. The van der Waals surface area contributed by atoms with Gasteiger partial charge in [-0.3, -0.25) is 4.79 Å². The molecule has 0 saturated carbocycles. The summed E-state index contributed by atoms with van der Waals surface area (Å²) in [5.74, 6) is -5.25. The van der Waals surface area contributed by atoms with E-state index in [1.807, 2.05) is 0 Å². The molecule has 19 heavy (non-hydrogen) atoms. The summed E-state index contributed by atoms with van der Waals surface area (Å²) >= 11 is 0. The molecular formula is C10H16F4N2O3. The van der Waals surface area contributed by atoms with Crippen LogP contribution >= 0.6 is 0 Å². The summed E-state index contributed by atoms with van der Waals surface area (Å²) < 4.78 is 48.5. The molecule has 0 radical (unpaired) electrons. The third-order valence-corrected chi connectivity index (χ3v) is 2.21. The van der Waals surface area contributed by atoms with Crippen LogP contribution in [0.1, 0.15) is 26.2 Å². The molecule has 0 aliphatic rings. The summed E-state index contributed by atoms with van der Waals surface area (Å²) in [7, 11) is 0. The van der Waals surface area contributed by atoms with E-state index >= 15 is 0 Å². The van der Waals surface area contributed by atoms with Gasteiger partial charge in [0.2, 0.25) is 0 Å². The van der Waals surface area contributed by atoms with E-state index in [-0.39, 0.29) is 6.42 Å². The van der Waals surface area contributed by atoms with E-state index in [0.29, 0.717) is 12.8 Å². The molecule has 3 N–H and O–H groups in total. The Balaban J connectivity index is 3.88. The Morgan fingerprint density at radius 3 is 2.37 bits per heavy atom. The smallest absolute Gasteiger partial charge is 0.324 e. The third kappa shape index (κ3) is 8.22. The first-order chi connectivity index (χ1) is 8.65. The number of carbonyl (C=O) groups is 2. The van der Waals surface area contributed by atoms with E-state index < -0.39 is 36.9 Å². The number of urea groups is 1. The molecule has 112 valence electrons. The Kier molecular flexibility index (Phi) is 7.17. The van der Waals surface area contributed by atoms with E-state index in [0.717, 1.165) is 0 Å². The number of carboxylic acid groups (broad SMARTS) is 1. The van der Waals surface area contributed by atoms with Gasteiger partial charge in [-0.15, -0.1) is 0 Å². The molecular weight excluding hydrogens is 272 g/mol. The summed E-state index contributed by atoms with van der Waals surface area (Å²) in [4.78, 5) is 21.3. The van der Waals surface area contributed by atoms with Crippen molar-refractivity contribution in [3.63, 3.8) is 0 Å². The Hall–Kier alpha value is -1.54. The molecule has 0 aliphatic heterocycles. The first-order valence-corrected chi connectivity index (χ1v) is 5.57. The van der Waals surface area contributed by atoms with Gasteiger partial charge in [-0.05, 0) is 19.8 Å². The lowest BCUT2D eigenvalue weighted by molar-refractivity contribution is -0.137. The minimum Gasteiger partial charge on any atom is -0.481 e. The normalized spacial score (nSPS) is 13.2. The zero-order valence-electron chi connectivity index (χ0n) is 10.3. The number of carboxylic acids is 1. The summed E-state index contributed by atoms with van der Waals surface area (Å²) in [5, 5.41) is 12.3. The Labute approximate surface area is 107 Å². The Morgan fingerprint density at radius 1 is 1.32 bits per heavy atom. The van der Waals surface area contributed by atoms with Gasteiger partial charge < -0.3 is 15.7 Å². The van der Waals surface area contributed by atoms with Crippen molar-refractivity contribution < 1.29 is 32.3 Å². The third-order valence-electron chi connectivity index (χ3n) is 2.21. The Bertz CT molecular complexity index is 313. The van der Waals surface area contributed by atoms with Gasteiger partial charge in [-0.25, -0.2) is 13.6 Å². The van der Waals surface area contributed by atoms with E-state index in [1.54, 1.807) is 12.2 Å². The lowest BCUT2D eigenvalue weighted by Gasteiger charge is -2.18. The van der Waals surface area contributed by atoms with Crippen LogP contribution < -0.4 is 10.6 Å². The minimum atomic E-state index is -4.27. The van der Waals surface area contributed by atoms with Crippen LogP contribution in [0.2, 0.25) is 0 Å². The van der Waals surface area contributed by atoms with Crippen molar-refractivity contribution in [2.45, 2.75) is 44.6 Å². The van der Waals surface area contributed by atoms with E-state index in [1.165, 1.54) is 0 Å². The average Bonchev–Trinajstić information content (AvgIpc) is 2.25. The highest BCUT2D eigenvalue weighted by atomic mass is 19.3. The van der Waals surface area contributed by atoms with Crippen LogP contribution in [0.4, 0.5) is 22.4 Å². The van der Waals surface area contributed by atoms with Crippen molar-refractivity contribution >= 4 is 12.0 Å². The van der Waals surface area contributed by atoms with Gasteiger partial charge in [-0.2, -0.15) is 8.78 Å². The van der Waals surface area contributed by atoms with E-state index in [4.69, 9.17) is 5.11 Å². The SMILES string of the molecule is CC(CCCC(=O)O)NC(=O)NCC(F)(F)C(F)F. The van der Waals surface area contributed by atoms with Gasteiger partial charge in [0, 0.05) is 12.5 Å². The van der Waals surface area contributed by atoms with Crippen LogP contribution in [0.3, 0.4) is 0 Å². The molecule has 2 amide bonds. The van der Waals surface area contributed by atoms with Crippen LogP contribution in [0.25, 0.3) is 0 Å². The molecule has 0 aromatic carbocycles. The fourth-order valence-electron chi connectivity index (χ4n) is 1.18. The predicted molar refractivity (Wildman–Crippen MR) is 58.4 cm³/mol. The van der Waals surface area contributed by atoms with Crippen molar-refractivity contribution in [1.82, 2.24) is 10.6 Å². The summed E-state index contributed by atoms with van der Waals surface area (Å²) in [6.45, 7) is 0.0883. The fourth-order valence-corrected chi connectivity index (χ4v) is 1.18. The second-order valence-corrected chi connectivity index (χ2v) is 4.08. The molecule has 9 heteroatoms. The predicted octanol–water partition coefficient (Wildman–Crippen LogP) is 1.83. The van der Waals surface area contributed by atoms with Crippen molar-refractivity contribution in [2.75, 3.05) is 6.54 Å². The number of aliphatic carboxylic acids is 1. The molecule has 0 fully saturated rings. The molecule has 1 unspecified atom stereocenters. The number of hydrogen-bond acceptors (Lipinski definition) is 2. The number of rotatable bonds is 8. The maximum atomic E-state index is 12.5.